The second-order valence-electron chi connectivity index (χ2n) is 10.4. The van der Waals surface area contributed by atoms with E-state index >= 15 is 0 Å². The van der Waals surface area contributed by atoms with E-state index in [1.807, 2.05) is 74.1 Å². The summed E-state index contributed by atoms with van der Waals surface area (Å²) in [4.78, 5) is 16.3. The molecule has 0 aliphatic carbocycles. The van der Waals surface area contributed by atoms with Gasteiger partial charge in [-0.05, 0) is 92.3 Å². The van der Waals surface area contributed by atoms with Gasteiger partial charge in [-0.1, -0.05) is 72.3 Å². The number of halogens is 1. The van der Waals surface area contributed by atoms with Gasteiger partial charge in [-0.3, -0.25) is 0 Å². The number of benzene rings is 3. The number of rotatable bonds is 12. The normalized spacial score (nSPS) is 12.7. The van der Waals surface area contributed by atoms with Crippen molar-refractivity contribution in [2.75, 3.05) is 5.75 Å². The largest absolute Gasteiger partial charge is 0.478 e. The van der Waals surface area contributed by atoms with Gasteiger partial charge < -0.3 is 10.2 Å². The Kier molecular flexibility index (Phi) is 9.84. The van der Waals surface area contributed by atoms with Gasteiger partial charge in [0.25, 0.3) is 0 Å². The molecule has 1 aromatic heterocycles. The van der Waals surface area contributed by atoms with Crippen molar-refractivity contribution < 1.29 is 15.0 Å². The summed E-state index contributed by atoms with van der Waals surface area (Å²) in [5.74, 6) is -0.0473. The van der Waals surface area contributed by atoms with E-state index in [2.05, 4.69) is 30.3 Å². The van der Waals surface area contributed by atoms with Crippen molar-refractivity contribution in [2.24, 2.45) is 0 Å². The fourth-order valence-corrected chi connectivity index (χ4v) is 6.21. The van der Waals surface area contributed by atoms with E-state index in [9.17, 15) is 15.0 Å². The lowest BCUT2D eigenvalue weighted by atomic mass is 9.99. The van der Waals surface area contributed by atoms with Crippen LogP contribution in [0.25, 0.3) is 23.1 Å². The molecule has 202 valence electrons. The Morgan fingerprint density at radius 3 is 2.62 bits per heavy atom. The van der Waals surface area contributed by atoms with E-state index in [4.69, 9.17) is 16.6 Å². The number of hydrogen-bond acceptors (Lipinski definition) is 4. The zero-order valence-electron chi connectivity index (χ0n) is 22.3. The standard InChI is InChI=1S/C33H34ClNO3S/c1-33(2,38)19-20-39-31(12-6-9-24-8-3-4-11-29(24)32(36)37)26-10-5-7-23(21-26)13-17-28-18-15-25-14-16-27(34)22-30(25)35-28/h3-5,7-8,10-11,13-18,21-22,31,38H,6,9,12,19-20H2,1-2H3,(H,36,37)/t31-/m0/s1. The Bertz CT molecular complexity index is 1460. The summed E-state index contributed by atoms with van der Waals surface area (Å²) < 4.78 is 0. The molecular formula is C33H34ClNO3S. The maximum atomic E-state index is 11.6. The van der Waals surface area contributed by atoms with E-state index in [1.54, 1.807) is 12.1 Å². The predicted octanol–water partition coefficient (Wildman–Crippen LogP) is 8.72. The van der Waals surface area contributed by atoms with Crippen LogP contribution in [-0.2, 0) is 6.42 Å². The van der Waals surface area contributed by atoms with Gasteiger partial charge in [-0.15, -0.1) is 0 Å². The number of carboxylic acid groups (broad SMARTS) is 1. The highest BCUT2D eigenvalue weighted by atomic mass is 35.5. The summed E-state index contributed by atoms with van der Waals surface area (Å²) in [6.45, 7) is 3.68. The Labute approximate surface area is 239 Å². The fourth-order valence-electron chi connectivity index (χ4n) is 4.47. The van der Waals surface area contributed by atoms with Crippen LogP contribution in [0.1, 0.15) is 71.1 Å². The van der Waals surface area contributed by atoms with Crippen LogP contribution in [0, 0.1) is 0 Å². The molecule has 1 heterocycles. The van der Waals surface area contributed by atoms with Crippen molar-refractivity contribution in [3.8, 4) is 0 Å². The molecule has 2 N–H and O–H groups in total. The molecule has 0 aliphatic rings. The van der Waals surface area contributed by atoms with Crippen LogP contribution in [0.2, 0.25) is 5.02 Å². The van der Waals surface area contributed by atoms with Gasteiger partial charge in [-0.25, -0.2) is 9.78 Å². The van der Waals surface area contributed by atoms with Crippen LogP contribution in [-0.4, -0.2) is 32.5 Å². The van der Waals surface area contributed by atoms with Crippen molar-refractivity contribution in [3.63, 3.8) is 0 Å². The van der Waals surface area contributed by atoms with Crippen LogP contribution in [0.5, 0.6) is 0 Å². The molecule has 4 rings (SSSR count). The number of aromatic nitrogens is 1. The molecule has 0 spiro atoms. The van der Waals surface area contributed by atoms with E-state index in [0.29, 0.717) is 23.4 Å². The zero-order valence-corrected chi connectivity index (χ0v) is 23.9. The third-order valence-electron chi connectivity index (χ3n) is 6.60. The maximum absolute atomic E-state index is 11.6. The highest BCUT2D eigenvalue weighted by molar-refractivity contribution is 7.99. The molecule has 4 aromatic rings. The molecule has 0 saturated heterocycles. The highest BCUT2D eigenvalue weighted by Gasteiger charge is 2.17. The number of thioether (sulfide) groups is 1. The van der Waals surface area contributed by atoms with Crippen molar-refractivity contribution in [3.05, 3.63) is 112 Å². The van der Waals surface area contributed by atoms with Gasteiger partial charge in [0.15, 0.2) is 0 Å². The Hall–Kier alpha value is -3.12. The lowest BCUT2D eigenvalue weighted by molar-refractivity contribution is 0.0695. The van der Waals surface area contributed by atoms with Crippen molar-refractivity contribution >= 4 is 52.4 Å². The number of pyridine rings is 1. The van der Waals surface area contributed by atoms with E-state index in [1.165, 1.54) is 5.56 Å². The van der Waals surface area contributed by atoms with Crippen LogP contribution in [0.4, 0.5) is 0 Å². The Morgan fingerprint density at radius 1 is 1.03 bits per heavy atom. The number of carboxylic acids is 1. The summed E-state index contributed by atoms with van der Waals surface area (Å²) in [6, 6.07) is 25.5. The van der Waals surface area contributed by atoms with Crippen LogP contribution < -0.4 is 0 Å². The minimum absolute atomic E-state index is 0.235. The molecule has 0 aliphatic heterocycles. The lowest BCUT2D eigenvalue weighted by Gasteiger charge is -2.21. The zero-order chi connectivity index (χ0) is 27.8. The molecule has 0 amide bonds. The summed E-state index contributed by atoms with van der Waals surface area (Å²) >= 11 is 7.99. The molecule has 4 nitrogen and oxygen atoms in total. The molecule has 39 heavy (non-hydrogen) atoms. The lowest BCUT2D eigenvalue weighted by Crippen LogP contribution is -2.19. The van der Waals surface area contributed by atoms with Gasteiger partial charge in [0.05, 0.1) is 22.4 Å². The Balaban J connectivity index is 1.49. The Morgan fingerprint density at radius 2 is 1.82 bits per heavy atom. The average Bonchev–Trinajstić information content (AvgIpc) is 2.90. The van der Waals surface area contributed by atoms with Gasteiger partial charge in [0, 0.05) is 15.7 Å². The first kappa shape index (κ1) is 28.9. The number of nitrogens with zero attached hydrogens (tertiary/aromatic N) is 1. The smallest absolute Gasteiger partial charge is 0.335 e. The number of fused-ring (bicyclic) bond motifs is 1. The minimum atomic E-state index is -0.884. The third kappa shape index (κ3) is 8.69. The van der Waals surface area contributed by atoms with Gasteiger partial charge >= 0.3 is 5.97 Å². The number of hydrogen-bond donors (Lipinski definition) is 2. The second-order valence-corrected chi connectivity index (χ2v) is 12.1. The van der Waals surface area contributed by atoms with Crippen LogP contribution in [0.15, 0.2) is 78.9 Å². The topological polar surface area (TPSA) is 70.4 Å². The average molecular weight is 560 g/mol. The first-order valence-corrected chi connectivity index (χ1v) is 14.6. The molecule has 0 saturated carbocycles. The van der Waals surface area contributed by atoms with Gasteiger partial charge in [-0.2, -0.15) is 11.8 Å². The number of aromatic carboxylic acids is 1. The number of carbonyl (C=O) groups is 1. The summed E-state index contributed by atoms with van der Waals surface area (Å²) in [6.07, 6.45) is 7.27. The first-order chi connectivity index (χ1) is 18.7. The fraction of sp³-hybridized carbons (Fsp3) is 0.273. The quantitative estimate of drug-likeness (QED) is 0.181. The molecule has 3 aromatic carbocycles. The monoisotopic (exact) mass is 559 g/mol. The maximum Gasteiger partial charge on any atom is 0.335 e. The summed E-state index contributed by atoms with van der Waals surface area (Å²) in [5, 5.41) is 21.7. The van der Waals surface area contributed by atoms with Gasteiger partial charge in [0.1, 0.15) is 0 Å². The van der Waals surface area contributed by atoms with Crippen LogP contribution in [0.3, 0.4) is 0 Å². The molecule has 0 unspecified atom stereocenters. The third-order valence-corrected chi connectivity index (χ3v) is 8.18. The minimum Gasteiger partial charge on any atom is -0.478 e. The second kappa shape index (κ2) is 13.3. The van der Waals surface area contributed by atoms with Crippen molar-refractivity contribution in [1.82, 2.24) is 4.98 Å². The molecule has 0 radical (unpaired) electrons. The van der Waals surface area contributed by atoms with E-state index in [0.717, 1.165) is 46.3 Å². The molecule has 0 fully saturated rings. The highest BCUT2D eigenvalue weighted by Crippen LogP contribution is 2.36. The predicted molar refractivity (Wildman–Crippen MR) is 165 cm³/mol. The summed E-state index contributed by atoms with van der Waals surface area (Å²) in [7, 11) is 0. The number of aliphatic hydroxyl groups is 1. The van der Waals surface area contributed by atoms with E-state index < -0.39 is 11.6 Å². The first-order valence-electron chi connectivity index (χ1n) is 13.2. The SMILES string of the molecule is CC(C)(O)CCS[C@@H](CCCc1ccccc1C(=O)O)c1cccc(C=Cc2ccc3ccc(Cl)cc3n2)c1. The molecule has 0 bridgehead atoms. The van der Waals surface area contributed by atoms with Gasteiger partial charge in [0.2, 0.25) is 0 Å². The van der Waals surface area contributed by atoms with Crippen molar-refractivity contribution in [2.45, 2.75) is 50.4 Å². The summed E-state index contributed by atoms with van der Waals surface area (Å²) in [5.41, 5.74) is 4.58. The van der Waals surface area contributed by atoms with Crippen molar-refractivity contribution in [1.29, 1.82) is 0 Å². The van der Waals surface area contributed by atoms with E-state index in [-0.39, 0.29) is 5.25 Å². The molecule has 6 heteroatoms. The molecule has 1 atom stereocenters. The number of aryl methyl sites for hydroxylation is 1. The van der Waals surface area contributed by atoms with Crippen LogP contribution >= 0.6 is 23.4 Å². The molecular weight excluding hydrogens is 526 g/mol.